The van der Waals surface area contributed by atoms with Gasteiger partial charge in [-0.15, -0.1) is 0 Å². The molecule has 0 radical (unpaired) electrons. The third-order valence-corrected chi connectivity index (χ3v) is 3.60. The van der Waals surface area contributed by atoms with Crippen LogP contribution in [-0.4, -0.2) is 45.4 Å². The molecule has 100 valence electrons. The van der Waals surface area contributed by atoms with Crippen molar-refractivity contribution in [2.24, 2.45) is 0 Å². The van der Waals surface area contributed by atoms with E-state index < -0.39 is 28.8 Å². The van der Waals surface area contributed by atoms with Gasteiger partial charge in [-0.2, -0.15) is 0 Å². The van der Waals surface area contributed by atoms with Crippen LogP contribution in [0.2, 0.25) is 0 Å². The number of amides is 2. The lowest BCUT2D eigenvalue weighted by atomic mass is 10.2. The Morgan fingerprint density at radius 3 is 2.41 bits per heavy atom. The van der Waals surface area contributed by atoms with Crippen LogP contribution in [0.15, 0.2) is 0 Å². The van der Waals surface area contributed by atoms with E-state index in [4.69, 9.17) is 5.11 Å². The molecule has 0 aromatic carbocycles. The zero-order valence-electron chi connectivity index (χ0n) is 10.4. The van der Waals surface area contributed by atoms with Crippen LogP contribution in [0.5, 0.6) is 0 Å². The fraction of sp³-hybridized carbons (Fsp3) is 0.800. The minimum Gasteiger partial charge on any atom is -0.480 e. The van der Waals surface area contributed by atoms with Crippen LogP contribution in [-0.2, 0) is 15.6 Å². The third kappa shape index (κ3) is 6.93. The van der Waals surface area contributed by atoms with Crippen molar-refractivity contribution >= 4 is 22.8 Å². The summed E-state index contributed by atoms with van der Waals surface area (Å²) in [4.78, 5) is 22.2. The average molecular weight is 264 g/mol. The first-order chi connectivity index (χ1) is 7.88. The number of carboxylic acid groups (broad SMARTS) is 1. The molecule has 0 heterocycles. The predicted molar refractivity (Wildman–Crippen MR) is 66.4 cm³/mol. The Morgan fingerprint density at radius 2 is 2.00 bits per heavy atom. The van der Waals surface area contributed by atoms with Gasteiger partial charge in [-0.25, -0.2) is 9.59 Å². The van der Waals surface area contributed by atoms with Gasteiger partial charge in [0.2, 0.25) is 0 Å². The van der Waals surface area contributed by atoms with Crippen molar-refractivity contribution in [3.63, 3.8) is 0 Å². The van der Waals surface area contributed by atoms with Crippen LogP contribution < -0.4 is 10.6 Å². The molecule has 0 fully saturated rings. The van der Waals surface area contributed by atoms with E-state index in [1.165, 1.54) is 0 Å². The number of hydrogen-bond acceptors (Lipinski definition) is 3. The maximum atomic E-state index is 11.4. The molecule has 0 saturated carbocycles. The van der Waals surface area contributed by atoms with E-state index in [0.29, 0.717) is 12.8 Å². The van der Waals surface area contributed by atoms with Gasteiger partial charge in [-0.05, 0) is 13.3 Å². The van der Waals surface area contributed by atoms with Crippen LogP contribution in [0.4, 0.5) is 4.79 Å². The predicted octanol–water partition coefficient (Wildman–Crippen LogP) is 0.306. The van der Waals surface area contributed by atoms with E-state index in [-0.39, 0.29) is 11.8 Å². The SMILES string of the molecule is CCC[C@@H](NC(=O)NCC(C)S(C)=O)C(=O)O. The Hall–Kier alpha value is -1.11. The number of nitrogens with one attached hydrogen (secondary N) is 2. The molecule has 17 heavy (non-hydrogen) atoms. The number of carbonyl (C=O) groups is 2. The van der Waals surface area contributed by atoms with Crippen molar-refractivity contribution in [2.75, 3.05) is 12.8 Å². The molecule has 3 atom stereocenters. The molecule has 0 bridgehead atoms. The molecule has 7 heteroatoms. The number of aliphatic carboxylic acids is 1. The second-order valence-corrected chi connectivity index (χ2v) is 5.64. The molecule has 0 aromatic heterocycles. The van der Waals surface area contributed by atoms with E-state index >= 15 is 0 Å². The van der Waals surface area contributed by atoms with Crippen LogP contribution in [0.25, 0.3) is 0 Å². The summed E-state index contributed by atoms with van der Waals surface area (Å²) >= 11 is 0. The first-order valence-electron chi connectivity index (χ1n) is 5.47. The largest absolute Gasteiger partial charge is 0.480 e. The summed E-state index contributed by atoms with van der Waals surface area (Å²) in [6.07, 6.45) is 2.62. The highest BCUT2D eigenvalue weighted by Crippen LogP contribution is 1.96. The topological polar surface area (TPSA) is 95.5 Å². The minimum atomic E-state index is -1.05. The Labute approximate surface area is 104 Å². The molecule has 0 aliphatic rings. The van der Waals surface area contributed by atoms with E-state index in [1.54, 1.807) is 13.2 Å². The first kappa shape index (κ1) is 15.9. The van der Waals surface area contributed by atoms with Gasteiger partial charge in [0.15, 0.2) is 0 Å². The lowest BCUT2D eigenvalue weighted by Gasteiger charge is -2.15. The molecule has 2 amide bonds. The number of carboxylic acids is 1. The third-order valence-electron chi connectivity index (χ3n) is 2.30. The summed E-state index contributed by atoms with van der Waals surface area (Å²) in [5.74, 6) is -1.05. The highest BCUT2D eigenvalue weighted by Gasteiger charge is 2.18. The molecule has 6 nitrogen and oxygen atoms in total. The monoisotopic (exact) mass is 264 g/mol. The Bertz CT molecular complexity index is 296. The van der Waals surface area contributed by atoms with Crippen molar-refractivity contribution in [2.45, 2.75) is 38.0 Å². The number of urea groups is 1. The van der Waals surface area contributed by atoms with E-state index in [2.05, 4.69) is 10.6 Å². The molecule has 0 aliphatic heterocycles. The Morgan fingerprint density at radius 1 is 1.41 bits per heavy atom. The van der Waals surface area contributed by atoms with E-state index in [0.717, 1.165) is 0 Å². The molecule has 2 unspecified atom stereocenters. The van der Waals surface area contributed by atoms with Gasteiger partial charge in [-0.3, -0.25) is 4.21 Å². The van der Waals surface area contributed by atoms with Crippen LogP contribution in [0.3, 0.4) is 0 Å². The second-order valence-electron chi connectivity index (χ2n) is 3.84. The summed E-state index contributed by atoms with van der Waals surface area (Å²) in [5, 5.41) is 13.5. The molecule has 0 rings (SSSR count). The molecule has 0 aromatic rings. The van der Waals surface area contributed by atoms with E-state index in [9.17, 15) is 13.8 Å². The maximum absolute atomic E-state index is 11.4. The van der Waals surface area contributed by atoms with Gasteiger partial charge < -0.3 is 15.7 Å². The average Bonchev–Trinajstić information content (AvgIpc) is 2.24. The summed E-state index contributed by atoms with van der Waals surface area (Å²) in [7, 11) is -1.01. The van der Waals surface area contributed by atoms with Crippen molar-refractivity contribution < 1.29 is 18.9 Å². The molecule has 0 spiro atoms. The van der Waals surface area contributed by atoms with Gasteiger partial charge in [0, 0.05) is 28.9 Å². The lowest BCUT2D eigenvalue weighted by molar-refractivity contribution is -0.139. The Balaban J connectivity index is 4.06. The summed E-state index contributed by atoms with van der Waals surface area (Å²) < 4.78 is 11.0. The van der Waals surface area contributed by atoms with Gasteiger partial charge >= 0.3 is 12.0 Å². The van der Waals surface area contributed by atoms with Crippen molar-refractivity contribution in [1.29, 1.82) is 0 Å². The smallest absolute Gasteiger partial charge is 0.326 e. The normalized spacial score (nSPS) is 15.7. The number of hydrogen-bond donors (Lipinski definition) is 3. The fourth-order valence-electron chi connectivity index (χ4n) is 1.11. The van der Waals surface area contributed by atoms with Crippen molar-refractivity contribution in [3.8, 4) is 0 Å². The van der Waals surface area contributed by atoms with Gasteiger partial charge in [0.05, 0.1) is 0 Å². The van der Waals surface area contributed by atoms with Crippen molar-refractivity contribution in [1.82, 2.24) is 10.6 Å². The van der Waals surface area contributed by atoms with Crippen LogP contribution in [0.1, 0.15) is 26.7 Å². The number of carbonyl (C=O) groups excluding carboxylic acids is 1. The zero-order chi connectivity index (χ0) is 13.4. The van der Waals surface area contributed by atoms with Gasteiger partial charge in [0.25, 0.3) is 0 Å². The summed E-state index contributed by atoms with van der Waals surface area (Å²) in [6, 6.07) is -1.41. The van der Waals surface area contributed by atoms with E-state index in [1.807, 2.05) is 6.92 Å². The van der Waals surface area contributed by atoms with Gasteiger partial charge in [0.1, 0.15) is 6.04 Å². The van der Waals surface area contributed by atoms with Gasteiger partial charge in [-0.1, -0.05) is 13.3 Å². The quantitative estimate of drug-likeness (QED) is 0.616. The maximum Gasteiger partial charge on any atom is 0.326 e. The van der Waals surface area contributed by atoms with Crippen molar-refractivity contribution in [3.05, 3.63) is 0 Å². The summed E-state index contributed by atoms with van der Waals surface area (Å²) in [6.45, 7) is 3.85. The molecule has 3 N–H and O–H groups in total. The highest BCUT2D eigenvalue weighted by molar-refractivity contribution is 7.84. The standard InChI is InChI=1S/C10H20N2O4S/c1-4-5-8(9(13)14)12-10(15)11-6-7(2)17(3)16/h7-8H,4-6H2,1-3H3,(H,13,14)(H2,11,12,15)/t7?,8-,17?/m1/s1. The fourth-order valence-corrected chi connectivity index (χ4v) is 1.43. The molecule has 0 aliphatic carbocycles. The first-order valence-corrected chi connectivity index (χ1v) is 7.10. The molecular weight excluding hydrogens is 244 g/mol. The lowest BCUT2D eigenvalue weighted by Crippen LogP contribution is -2.47. The van der Waals surface area contributed by atoms with Crippen LogP contribution in [0, 0.1) is 0 Å². The minimum absolute atomic E-state index is 0.157. The second kappa shape index (κ2) is 8.05. The Kier molecular flexibility index (Phi) is 7.53. The molecule has 0 saturated heterocycles. The van der Waals surface area contributed by atoms with Crippen LogP contribution >= 0.6 is 0 Å². The zero-order valence-corrected chi connectivity index (χ0v) is 11.2. The summed E-state index contributed by atoms with van der Waals surface area (Å²) in [5.41, 5.74) is 0. The molecular formula is C10H20N2O4S. The number of rotatable bonds is 7. The highest BCUT2D eigenvalue weighted by atomic mass is 32.2.